The molecule has 15 heavy (non-hydrogen) atoms. The SMILES string of the molecule is N#Cc1cc(N)c(OC(F)(F)F)[nH]c1=O. The first-order valence-corrected chi connectivity index (χ1v) is 3.52. The number of H-pyrrole nitrogens is 1. The second-order valence-corrected chi connectivity index (χ2v) is 2.46. The summed E-state index contributed by atoms with van der Waals surface area (Å²) in [4.78, 5) is 12.6. The summed E-state index contributed by atoms with van der Waals surface area (Å²) in [5, 5.41) is 8.38. The van der Waals surface area contributed by atoms with Gasteiger partial charge in [0.25, 0.3) is 5.56 Å². The third-order valence-electron chi connectivity index (χ3n) is 1.37. The molecule has 1 aromatic heterocycles. The van der Waals surface area contributed by atoms with Gasteiger partial charge in [-0.1, -0.05) is 0 Å². The lowest BCUT2D eigenvalue weighted by Crippen LogP contribution is -2.22. The molecule has 0 aliphatic carbocycles. The van der Waals surface area contributed by atoms with Gasteiger partial charge in [0.05, 0.1) is 5.69 Å². The molecule has 0 aromatic carbocycles. The van der Waals surface area contributed by atoms with Crippen LogP contribution in [0.1, 0.15) is 5.56 Å². The summed E-state index contributed by atoms with van der Waals surface area (Å²) in [5.41, 5.74) is 3.28. The molecule has 0 fully saturated rings. The zero-order valence-corrected chi connectivity index (χ0v) is 7.05. The summed E-state index contributed by atoms with van der Waals surface area (Å²) in [6, 6.07) is 2.27. The molecule has 1 heterocycles. The maximum atomic E-state index is 11.8. The molecule has 8 heteroatoms. The average molecular weight is 219 g/mol. The van der Waals surface area contributed by atoms with E-state index in [1.54, 1.807) is 4.98 Å². The Balaban J connectivity index is 3.19. The fourth-order valence-electron chi connectivity index (χ4n) is 0.812. The van der Waals surface area contributed by atoms with Gasteiger partial charge < -0.3 is 10.5 Å². The molecule has 0 unspecified atom stereocenters. The number of hydrogen-bond donors (Lipinski definition) is 2. The molecule has 0 saturated heterocycles. The Labute approximate surface area is 80.9 Å². The fourth-order valence-corrected chi connectivity index (χ4v) is 0.812. The topological polar surface area (TPSA) is 91.9 Å². The van der Waals surface area contributed by atoms with E-state index in [2.05, 4.69) is 4.74 Å². The number of halogens is 3. The molecule has 0 amide bonds. The highest BCUT2D eigenvalue weighted by atomic mass is 19.4. The molecule has 0 aliphatic rings. The maximum Gasteiger partial charge on any atom is 0.574 e. The summed E-state index contributed by atoms with van der Waals surface area (Å²) in [5.74, 6) is -0.925. The van der Waals surface area contributed by atoms with E-state index in [0.717, 1.165) is 6.07 Å². The molecule has 80 valence electrons. The van der Waals surface area contributed by atoms with Gasteiger partial charge in [-0.25, -0.2) is 0 Å². The first-order chi connectivity index (χ1) is 6.83. The highest BCUT2D eigenvalue weighted by Crippen LogP contribution is 2.24. The lowest BCUT2D eigenvalue weighted by Gasteiger charge is -2.09. The lowest BCUT2D eigenvalue weighted by molar-refractivity contribution is -0.275. The minimum Gasteiger partial charge on any atom is -0.394 e. The minimum absolute atomic E-state index is 0.387. The van der Waals surface area contributed by atoms with Gasteiger partial charge in [-0.2, -0.15) is 5.26 Å². The minimum atomic E-state index is -4.95. The van der Waals surface area contributed by atoms with Crippen LogP contribution in [0, 0.1) is 11.3 Å². The number of hydrogen-bond acceptors (Lipinski definition) is 4. The van der Waals surface area contributed by atoms with Gasteiger partial charge >= 0.3 is 6.36 Å². The number of rotatable bonds is 1. The number of pyridine rings is 1. The Hall–Kier alpha value is -2.17. The van der Waals surface area contributed by atoms with Crippen LogP contribution < -0.4 is 16.0 Å². The molecule has 5 nitrogen and oxygen atoms in total. The van der Waals surface area contributed by atoms with Crippen LogP contribution in [0.25, 0.3) is 0 Å². The van der Waals surface area contributed by atoms with E-state index in [0.29, 0.717) is 0 Å². The van der Waals surface area contributed by atoms with Crippen LogP contribution >= 0.6 is 0 Å². The molecule has 0 radical (unpaired) electrons. The predicted molar refractivity (Wildman–Crippen MR) is 42.9 cm³/mol. The van der Waals surface area contributed by atoms with Crippen molar-refractivity contribution in [1.29, 1.82) is 5.26 Å². The van der Waals surface area contributed by atoms with Gasteiger partial charge in [-0.3, -0.25) is 9.78 Å². The Morgan fingerprint density at radius 1 is 1.53 bits per heavy atom. The fraction of sp³-hybridized carbons (Fsp3) is 0.143. The van der Waals surface area contributed by atoms with Crippen LogP contribution in [0.5, 0.6) is 5.88 Å². The van der Waals surface area contributed by atoms with E-state index >= 15 is 0 Å². The van der Waals surface area contributed by atoms with Crippen LogP contribution in [0.3, 0.4) is 0 Å². The predicted octanol–water partition coefficient (Wildman–Crippen LogP) is 0.727. The maximum absolute atomic E-state index is 11.8. The number of nitrogen functional groups attached to an aromatic ring is 1. The van der Waals surface area contributed by atoms with Crippen molar-refractivity contribution in [3.8, 4) is 11.9 Å². The monoisotopic (exact) mass is 219 g/mol. The zero-order valence-electron chi connectivity index (χ0n) is 7.05. The number of aromatic amines is 1. The van der Waals surface area contributed by atoms with Crippen molar-refractivity contribution in [3.05, 3.63) is 22.0 Å². The van der Waals surface area contributed by atoms with E-state index in [4.69, 9.17) is 11.0 Å². The lowest BCUT2D eigenvalue weighted by atomic mass is 10.3. The van der Waals surface area contributed by atoms with Gasteiger partial charge in [0.2, 0.25) is 5.88 Å². The number of aromatic nitrogens is 1. The van der Waals surface area contributed by atoms with Gasteiger partial charge in [-0.05, 0) is 6.07 Å². The van der Waals surface area contributed by atoms with Crippen LogP contribution in [0.2, 0.25) is 0 Å². The normalized spacial score (nSPS) is 10.8. The third-order valence-corrected chi connectivity index (χ3v) is 1.37. The van der Waals surface area contributed by atoms with E-state index in [9.17, 15) is 18.0 Å². The van der Waals surface area contributed by atoms with E-state index in [1.165, 1.54) is 6.07 Å². The number of ether oxygens (including phenoxy) is 1. The summed E-state index contributed by atoms with van der Waals surface area (Å²) in [7, 11) is 0. The number of nitrogens with zero attached hydrogens (tertiary/aromatic N) is 1. The highest BCUT2D eigenvalue weighted by Gasteiger charge is 2.32. The van der Waals surface area contributed by atoms with Gasteiger partial charge in [0.15, 0.2) is 0 Å². The Kier molecular flexibility index (Phi) is 2.57. The van der Waals surface area contributed by atoms with Crippen molar-refractivity contribution in [2.24, 2.45) is 0 Å². The largest absolute Gasteiger partial charge is 0.574 e. The smallest absolute Gasteiger partial charge is 0.394 e. The molecular formula is C7H4F3N3O2. The summed E-state index contributed by atoms with van der Waals surface area (Å²) >= 11 is 0. The number of nitrogens with two attached hydrogens (primary N) is 1. The average Bonchev–Trinajstić information content (AvgIpc) is 2.08. The number of nitriles is 1. The van der Waals surface area contributed by atoms with E-state index in [1.807, 2.05) is 0 Å². The Morgan fingerprint density at radius 2 is 2.13 bits per heavy atom. The molecule has 0 spiro atoms. The Morgan fingerprint density at radius 3 is 2.60 bits per heavy atom. The first-order valence-electron chi connectivity index (χ1n) is 3.52. The van der Waals surface area contributed by atoms with Crippen LogP contribution in [0.4, 0.5) is 18.9 Å². The van der Waals surface area contributed by atoms with Crippen molar-refractivity contribution < 1.29 is 17.9 Å². The van der Waals surface area contributed by atoms with Crippen molar-refractivity contribution in [2.75, 3.05) is 5.73 Å². The van der Waals surface area contributed by atoms with E-state index in [-0.39, 0.29) is 5.56 Å². The molecule has 0 saturated carbocycles. The summed E-state index contributed by atoms with van der Waals surface area (Å²) < 4.78 is 38.7. The van der Waals surface area contributed by atoms with Crippen molar-refractivity contribution in [3.63, 3.8) is 0 Å². The number of anilines is 1. The van der Waals surface area contributed by atoms with Crippen molar-refractivity contribution in [1.82, 2.24) is 4.98 Å². The third kappa shape index (κ3) is 2.63. The van der Waals surface area contributed by atoms with Crippen molar-refractivity contribution >= 4 is 5.69 Å². The summed E-state index contributed by atoms with van der Waals surface area (Å²) in [6.45, 7) is 0. The van der Waals surface area contributed by atoms with Crippen LogP contribution in [0.15, 0.2) is 10.9 Å². The van der Waals surface area contributed by atoms with Gasteiger partial charge in [0.1, 0.15) is 11.6 Å². The zero-order chi connectivity index (χ0) is 11.6. The molecule has 3 N–H and O–H groups in total. The van der Waals surface area contributed by atoms with E-state index < -0.39 is 23.5 Å². The van der Waals surface area contributed by atoms with Crippen LogP contribution in [-0.2, 0) is 0 Å². The van der Waals surface area contributed by atoms with Gasteiger partial charge in [-0.15, -0.1) is 13.2 Å². The first kappa shape index (κ1) is 10.9. The Bertz CT molecular complexity index is 472. The van der Waals surface area contributed by atoms with Gasteiger partial charge in [0, 0.05) is 0 Å². The molecule has 1 aromatic rings. The second kappa shape index (κ2) is 3.53. The molecule has 0 atom stereocenters. The van der Waals surface area contributed by atoms with Crippen LogP contribution in [-0.4, -0.2) is 11.3 Å². The quantitative estimate of drug-likeness (QED) is 0.728. The standard InChI is InChI=1S/C7H4F3N3O2/c8-7(9,10)15-6-4(12)1-3(2-11)5(14)13-6/h1H,12H2,(H,13,14). The number of nitrogens with one attached hydrogen (secondary N) is 1. The van der Waals surface area contributed by atoms with Crippen molar-refractivity contribution in [2.45, 2.75) is 6.36 Å². The second-order valence-electron chi connectivity index (χ2n) is 2.46. The number of alkyl halides is 3. The molecule has 1 rings (SSSR count). The molecular weight excluding hydrogens is 215 g/mol. The molecule has 0 bridgehead atoms. The molecule has 0 aliphatic heterocycles. The summed E-state index contributed by atoms with van der Waals surface area (Å²) in [6.07, 6.45) is -4.95. The highest BCUT2D eigenvalue weighted by molar-refractivity contribution is 5.51.